The standard InChI is InChI=1S/C24H21F2NO3S2/c25-19-9-5-17(6-10-19)22(18-7-11-20(26)12-8-18)3-2-14-32(28,29)16-21-15-31-24(27-21)23-4-1-13-30-23/h1,4-13,15,22H,2-3,14,16H2. The number of benzene rings is 2. The van der Waals surface area contributed by atoms with Gasteiger partial charge in [0, 0.05) is 11.3 Å². The zero-order chi connectivity index (χ0) is 22.6. The summed E-state index contributed by atoms with van der Waals surface area (Å²) in [6, 6.07) is 15.8. The lowest BCUT2D eigenvalue weighted by Gasteiger charge is -2.18. The Morgan fingerprint density at radius 3 is 2.12 bits per heavy atom. The zero-order valence-electron chi connectivity index (χ0n) is 17.1. The van der Waals surface area contributed by atoms with Crippen LogP contribution < -0.4 is 0 Å². The van der Waals surface area contributed by atoms with Gasteiger partial charge in [0.25, 0.3) is 0 Å². The Kier molecular flexibility index (Phi) is 6.81. The van der Waals surface area contributed by atoms with Crippen molar-refractivity contribution in [1.29, 1.82) is 0 Å². The molecule has 0 aliphatic rings. The fraction of sp³-hybridized carbons (Fsp3) is 0.208. The normalized spacial score (nSPS) is 11.8. The van der Waals surface area contributed by atoms with E-state index >= 15 is 0 Å². The molecule has 4 rings (SSSR count). The number of rotatable bonds is 9. The lowest BCUT2D eigenvalue weighted by molar-refractivity contribution is 0.580. The van der Waals surface area contributed by atoms with Crippen LogP contribution in [-0.2, 0) is 15.6 Å². The maximum absolute atomic E-state index is 13.4. The highest BCUT2D eigenvalue weighted by Crippen LogP contribution is 2.30. The van der Waals surface area contributed by atoms with Gasteiger partial charge < -0.3 is 4.42 Å². The number of hydrogen-bond donors (Lipinski definition) is 0. The van der Waals surface area contributed by atoms with Crippen LogP contribution in [0, 0.1) is 11.6 Å². The van der Waals surface area contributed by atoms with Gasteiger partial charge in [-0.15, -0.1) is 11.3 Å². The maximum atomic E-state index is 13.4. The van der Waals surface area contributed by atoms with Crippen molar-refractivity contribution < 1.29 is 21.6 Å². The molecule has 0 bridgehead atoms. The predicted octanol–water partition coefficient (Wildman–Crippen LogP) is 6.21. The lowest BCUT2D eigenvalue weighted by Crippen LogP contribution is -2.11. The van der Waals surface area contributed by atoms with Gasteiger partial charge in [-0.1, -0.05) is 24.3 Å². The van der Waals surface area contributed by atoms with E-state index in [0.29, 0.717) is 29.3 Å². The highest BCUT2D eigenvalue weighted by atomic mass is 32.2. The monoisotopic (exact) mass is 473 g/mol. The van der Waals surface area contributed by atoms with E-state index in [2.05, 4.69) is 4.98 Å². The second-order valence-corrected chi connectivity index (χ2v) is 10.6. The molecule has 8 heteroatoms. The van der Waals surface area contributed by atoms with E-state index in [1.807, 2.05) is 0 Å². The third-order valence-corrected chi connectivity index (χ3v) is 7.70. The zero-order valence-corrected chi connectivity index (χ0v) is 18.7. The van der Waals surface area contributed by atoms with Crippen LogP contribution in [0.25, 0.3) is 10.8 Å². The SMILES string of the molecule is O=S(=O)(CCCC(c1ccc(F)cc1)c1ccc(F)cc1)Cc1csc(-c2ccco2)n1. The minimum absolute atomic E-state index is 0.000495. The first kappa shape index (κ1) is 22.4. The summed E-state index contributed by atoms with van der Waals surface area (Å²) in [5, 5.41) is 2.38. The summed E-state index contributed by atoms with van der Waals surface area (Å²) in [7, 11) is -3.37. The van der Waals surface area contributed by atoms with Crippen LogP contribution in [0.5, 0.6) is 0 Å². The molecule has 2 heterocycles. The summed E-state index contributed by atoms with van der Waals surface area (Å²) >= 11 is 1.34. The van der Waals surface area contributed by atoms with Gasteiger partial charge in [-0.2, -0.15) is 0 Å². The van der Waals surface area contributed by atoms with Gasteiger partial charge in [0.1, 0.15) is 11.6 Å². The molecule has 4 nitrogen and oxygen atoms in total. The Morgan fingerprint density at radius 1 is 0.938 bits per heavy atom. The van der Waals surface area contributed by atoms with Crippen LogP contribution in [0.2, 0.25) is 0 Å². The molecule has 32 heavy (non-hydrogen) atoms. The van der Waals surface area contributed by atoms with Gasteiger partial charge in [-0.3, -0.25) is 0 Å². The fourth-order valence-corrected chi connectivity index (χ4v) is 5.85. The van der Waals surface area contributed by atoms with Crippen molar-refractivity contribution in [3.05, 3.63) is 101 Å². The van der Waals surface area contributed by atoms with Crippen molar-refractivity contribution in [2.75, 3.05) is 5.75 Å². The number of hydrogen-bond acceptors (Lipinski definition) is 5. The topological polar surface area (TPSA) is 60.2 Å². The van der Waals surface area contributed by atoms with Crippen LogP contribution >= 0.6 is 11.3 Å². The molecule has 0 aliphatic carbocycles. The number of nitrogens with zero attached hydrogens (tertiary/aromatic N) is 1. The second-order valence-electron chi connectivity index (χ2n) is 7.51. The molecular weight excluding hydrogens is 452 g/mol. The Balaban J connectivity index is 1.42. The van der Waals surface area contributed by atoms with Crippen molar-refractivity contribution in [3.63, 3.8) is 0 Å². The summed E-state index contributed by atoms with van der Waals surface area (Å²) in [6.07, 6.45) is 2.49. The van der Waals surface area contributed by atoms with Crippen LogP contribution in [-0.4, -0.2) is 19.2 Å². The van der Waals surface area contributed by atoms with E-state index in [1.165, 1.54) is 35.6 Å². The molecule has 0 amide bonds. The van der Waals surface area contributed by atoms with E-state index in [1.54, 1.807) is 48.0 Å². The largest absolute Gasteiger partial charge is 0.462 e. The summed E-state index contributed by atoms with van der Waals surface area (Å²) in [5.74, 6) is -0.365. The van der Waals surface area contributed by atoms with Crippen LogP contribution in [0.15, 0.2) is 76.7 Å². The Hall–Kier alpha value is -2.84. The van der Waals surface area contributed by atoms with E-state index in [-0.39, 0.29) is 29.1 Å². The first-order valence-corrected chi connectivity index (χ1v) is 12.8. The van der Waals surface area contributed by atoms with Crippen LogP contribution in [0.3, 0.4) is 0 Å². The fourth-order valence-electron chi connectivity index (χ4n) is 3.61. The van der Waals surface area contributed by atoms with Crippen molar-refractivity contribution in [3.8, 4) is 10.8 Å². The summed E-state index contributed by atoms with van der Waals surface area (Å²) in [4.78, 5) is 4.37. The number of furan rings is 1. The Bertz CT molecular complexity index is 1200. The second kappa shape index (κ2) is 9.75. The molecule has 0 N–H and O–H groups in total. The molecule has 166 valence electrons. The summed E-state index contributed by atoms with van der Waals surface area (Å²) < 4.78 is 57.4. The van der Waals surface area contributed by atoms with E-state index in [9.17, 15) is 17.2 Å². The predicted molar refractivity (Wildman–Crippen MR) is 121 cm³/mol. The highest BCUT2D eigenvalue weighted by molar-refractivity contribution is 7.90. The number of thiazole rings is 1. The summed E-state index contributed by atoms with van der Waals surface area (Å²) in [5.41, 5.74) is 2.21. The lowest BCUT2D eigenvalue weighted by atomic mass is 9.88. The maximum Gasteiger partial charge on any atom is 0.162 e. The molecule has 4 aromatic rings. The molecule has 0 unspecified atom stereocenters. The van der Waals surface area contributed by atoms with Gasteiger partial charge in [0.05, 0.1) is 23.5 Å². The highest BCUT2D eigenvalue weighted by Gasteiger charge is 2.19. The average Bonchev–Trinajstić information content (AvgIpc) is 3.45. The minimum atomic E-state index is -3.37. The van der Waals surface area contributed by atoms with Crippen molar-refractivity contribution in [2.45, 2.75) is 24.5 Å². The molecule has 0 atom stereocenters. The molecule has 0 saturated carbocycles. The first-order valence-electron chi connectivity index (χ1n) is 10.1. The first-order chi connectivity index (χ1) is 15.4. The van der Waals surface area contributed by atoms with Gasteiger partial charge >= 0.3 is 0 Å². The third kappa shape index (κ3) is 5.69. The summed E-state index contributed by atoms with van der Waals surface area (Å²) in [6.45, 7) is 0. The van der Waals surface area contributed by atoms with Gasteiger partial charge in [-0.05, 0) is 60.4 Å². The minimum Gasteiger partial charge on any atom is -0.462 e. The average molecular weight is 474 g/mol. The number of sulfone groups is 1. The van der Waals surface area contributed by atoms with Crippen molar-refractivity contribution in [1.82, 2.24) is 4.98 Å². The van der Waals surface area contributed by atoms with Gasteiger partial charge in [0.2, 0.25) is 0 Å². The molecule has 0 aliphatic heterocycles. The van der Waals surface area contributed by atoms with Crippen LogP contribution in [0.4, 0.5) is 8.78 Å². The number of aromatic nitrogens is 1. The van der Waals surface area contributed by atoms with Gasteiger partial charge in [0.15, 0.2) is 20.6 Å². The van der Waals surface area contributed by atoms with Crippen LogP contribution in [0.1, 0.15) is 35.6 Å². The third-order valence-electron chi connectivity index (χ3n) is 5.14. The van der Waals surface area contributed by atoms with E-state index in [4.69, 9.17) is 4.42 Å². The van der Waals surface area contributed by atoms with Crippen molar-refractivity contribution in [2.24, 2.45) is 0 Å². The molecule has 2 aromatic carbocycles. The molecule has 0 saturated heterocycles. The van der Waals surface area contributed by atoms with Gasteiger partial charge in [-0.25, -0.2) is 22.2 Å². The molecule has 0 radical (unpaired) electrons. The quantitative estimate of drug-likeness (QED) is 0.290. The van der Waals surface area contributed by atoms with Crippen molar-refractivity contribution >= 4 is 21.2 Å². The molecule has 0 spiro atoms. The smallest absolute Gasteiger partial charge is 0.162 e. The molecule has 2 aromatic heterocycles. The molecule has 0 fully saturated rings. The number of halogens is 2. The molecular formula is C24H21F2NO3S2. The Labute approximate surface area is 189 Å². The van der Waals surface area contributed by atoms with E-state index < -0.39 is 9.84 Å². The Morgan fingerprint density at radius 2 is 1.56 bits per heavy atom. The van der Waals surface area contributed by atoms with E-state index in [0.717, 1.165) is 11.1 Å².